The van der Waals surface area contributed by atoms with Crippen LogP contribution in [0.4, 0.5) is 11.5 Å². The van der Waals surface area contributed by atoms with Crippen molar-refractivity contribution in [1.29, 1.82) is 0 Å². The van der Waals surface area contributed by atoms with Gasteiger partial charge in [-0.15, -0.1) is 4.91 Å². The Morgan fingerprint density at radius 1 is 1.25 bits per heavy atom. The van der Waals surface area contributed by atoms with E-state index < -0.39 is 10.2 Å². The number of hydrogen-bond donors (Lipinski definition) is 2. The van der Waals surface area contributed by atoms with Gasteiger partial charge in [-0.3, -0.25) is 5.10 Å². The van der Waals surface area contributed by atoms with E-state index in [9.17, 15) is 4.91 Å². The first-order valence-electron chi connectivity index (χ1n) is 7.38. The van der Waals surface area contributed by atoms with Crippen LogP contribution >= 0.6 is 10.2 Å². The van der Waals surface area contributed by atoms with Crippen LogP contribution < -0.4 is 10.1 Å². The van der Waals surface area contributed by atoms with E-state index in [4.69, 9.17) is 4.74 Å². The van der Waals surface area contributed by atoms with E-state index in [1.165, 1.54) is 0 Å². The first kappa shape index (κ1) is 14.8. The van der Waals surface area contributed by atoms with Gasteiger partial charge in [-0.05, 0) is 52.1 Å². The van der Waals surface area contributed by atoms with Gasteiger partial charge in [0.2, 0.25) is 0 Å². The highest BCUT2D eigenvalue weighted by Gasteiger charge is 2.37. The molecular weight excluding hydrogens is 324 g/mol. The molecule has 0 bridgehead atoms. The van der Waals surface area contributed by atoms with Gasteiger partial charge in [-0.1, -0.05) is 22.3 Å². The molecule has 122 valence electrons. The first-order chi connectivity index (χ1) is 11.6. The number of nitrogens with zero attached hydrogens (tertiary/aromatic N) is 2. The number of ether oxygens (including phenoxy) is 1. The smallest absolute Gasteiger partial charge is 0.160 e. The number of aromatic amines is 1. The Hall–Kier alpha value is -2.80. The second kappa shape index (κ2) is 5.38. The number of anilines is 2. The third-order valence-corrected chi connectivity index (χ3v) is 6.08. The lowest BCUT2D eigenvalue weighted by atomic mass is 10.1. The first-order valence-corrected chi connectivity index (χ1v) is 9.44. The molecule has 1 aliphatic rings. The summed E-state index contributed by atoms with van der Waals surface area (Å²) in [5.41, 5.74) is 2.74. The summed E-state index contributed by atoms with van der Waals surface area (Å²) in [5, 5.41) is 13.6. The fourth-order valence-corrected chi connectivity index (χ4v) is 4.35. The summed E-state index contributed by atoms with van der Waals surface area (Å²) in [4.78, 5) is 12.0. The van der Waals surface area contributed by atoms with Gasteiger partial charge in [0.15, 0.2) is 5.82 Å². The number of aromatic nitrogens is 2. The van der Waals surface area contributed by atoms with Gasteiger partial charge in [0.1, 0.15) is 5.75 Å². The molecule has 0 radical (unpaired) electrons. The summed E-state index contributed by atoms with van der Waals surface area (Å²) in [6.45, 7) is 0. The number of hydrogen-bond acceptors (Lipinski definition) is 5. The van der Waals surface area contributed by atoms with Crippen LogP contribution in [-0.4, -0.2) is 23.6 Å². The second-order valence-electron chi connectivity index (χ2n) is 5.65. The highest BCUT2D eigenvalue weighted by Crippen LogP contribution is 2.73. The maximum absolute atomic E-state index is 11.0. The Labute approximate surface area is 140 Å². The molecule has 4 rings (SSSR count). The number of nitrogens with one attached hydrogen (secondary N) is 2. The molecule has 0 fully saturated rings. The second-order valence-corrected chi connectivity index (χ2v) is 8.35. The zero-order chi connectivity index (χ0) is 16.7. The van der Waals surface area contributed by atoms with Crippen LogP contribution in [0, 0.1) is 4.91 Å². The molecule has 0 spiro atoms. The molecule has 2 aromatic carbocycles. The lowest BCUT2D eigenvalue weighted by Gasteiger charge is -2.12. The monoisotopic (exact) mass is 340 g/mol. The zero-order valence-electron chi connectivity index (χ0n) is 13.2. The van der Waals surface area contributed by atoms with E-state index in [2.05, 4.69) is 20.1 Å². The molecular formula is C17H16N4O2S. The largest absolute Gasteiger partial charge is 0.495 e. The summed E-state index contributed by atoms with van der Waals surface area (Å²) in [7, 11) is 0.0584. The maximum atomic E-state index is 11.0. The highest BCUT2D eigenvalue weighted by atomic mass is 32.3. The maximum Gasteiger partial charge on any atom is 0.160 e. The number of fused-ring (bicyclic) bond motifs is 1. The van der Waals surface area contributed by atoms with E-state index in [0.29, 0.717) is 5.75 Å². The number of rotatable bonds is 5. The molecule has 1 atom stereocenters. The molecule has 1 aromatic heterocycles. The fourth-order valence-electron chi connectivity index (χ4n) is 2.70. The minimum Gasteiger partial charge on any atom is -0.495 e. The van der Waals surface area contributed by atoms with Crippen LogP contribution in [0.25, 0.3) is 15.8 Å². The van der Waals surface area contributed by atoms with Gasteiger partial charge in [0.05, 0.1) is 18.3 Å². The van der Waals surface area contributed by atoms with Gasteiger partial charge < -0.3 is 10.1 Å². The third kappa shape index (κ3) is 2.33. The molecule has 2 heterocycles. The van der Waals surface area contributed by atoms with Crippen molar-refractivity contribution in [2.24, 2.45) is 4.58 Å². The minimum absolute atomic E-state index is 0.711. The SMILES string of the molecule is COc1ccc(C2=CS2(C)N=O)cc1Nc1n[nH]c2ccccc12. The third-order valence-electron chi connectivity index (χ3n) is 4.09. The zero-order valence-corrected chi connectivity index (χ0v) is 14.1. The summed E-state index contributed by atoms with van der Waals surface area (Å²) >= 11 is 0. The molecule has 7 heteroatoms. The Morgan fingerprint density at radius 2 is 2.08 bits per heavy atom. The van der Waals surface area contributed by atoms with Crippen LogP contribution in [0.1, 0.15) is 5.56 Å². The van der Waals surface area contributed by atoms with E-state index in [0.717, 1.165) is 32.9 Å². The van der Waals surface area contributed by atoms with Crippen molar-refractivity contribution >= 4 is 37.5 Å². The Balaban J connectivity index is 1.71. The van der Waals surface area contributed by atoms with Crippen molar-refractivity contribution in [3.8, 4) is 5.75 Å². The summed E-state index contributed by atoms with van der Waals surface area (Å²) in [6.07, 6.45) is 1.88. The molecule has 0 saturated carbocycles. The summed E-state index contributed by atoms with van der Waals surface area (Å²) in [6, 6.07) is 13.7. The fraction of sp³-hybridized carbons (Fsp3) is 0.118. The number of para-hydroxylation sites is 1. The molecule has 0 aliphatic carbocycles. The molecule has 24 heavy (non-hydrogen) atoms. The van der Waals surface area contributed by atoms with Crippen molar-refractivity contribution in [3.63, 3.8) is 0 Å². The van der Waals surface area contributed by atoms with Crippen molar-refractivity contribution in [3.05, 3.63) is 58.3 Å². The predicted octanol–water partition coefficient (Wildman–Crippen LogP) is 4.74. The molecule has 6 nitrogen and oxygen atoms in total. The van der Waals surface area contributed by atoms with Crippen molar-refractivity contribution in [2.45, 2.75) is 0 Å². The molecule has 3 aromatic rings. The molecule has 1 unspecified atom stereocenters. The Bertz CT molecular complexity index is 982. The standard InChI is InChI=1S/C17H16N4O2S/c1-23-15-8-7-11(16-10-24(16,2)21-22)9-14(15)18-17-12-5-3-4-6-13(12)19-20-17/h3-10H,1-2H3,(H2,18,19,20). The normalized spacial score (nSPS) is 21.7. The Morgan fingerprint density at radius 3 is 2.83 bits per heavy atom. The van der Waals surface area contributed by atoms with Gasteiger partial charge in [-0.2, -0.15) is 5.10 Å². The van der Waals surface area contributed by atoms with E-state index >= 15 is 0 Å². The van der Waals surface area contributed by atoms with Crippen LogP contribution in [0.2, 0.25) is 0 Å². The molecule has 2 N–H and O–H groups in total. The van der Waals surface area contributed by atoms with Crippen molar-refractivity contribution in [2.75, 3.05) is 18.7 Å². The van der Waals surface area contributed by atoms with Crippen LogP contribution in [0.5, 0.6) is 5.75 Å². The predicted molar refractivity (Wildman–Crippen MR) is 99.7 cm³/mol. The average molecular weight is 340 g/mol. The van der Waals surface area contributed by atoms with Gasteiger partial charge in [0.25, 0.3) is 0 Å². The van der Waals surface area contributed by atoms with E-state index in [1.54, 1.807) is 7.11 Å². The van der Waals surface area contributed by atoms with E-state index in [1.807, 2.05) is 54.1 Å². The summed E-state index contributed by atoms with van der Waals surface area (Å²) < 4.78 is 8.69. The highest BCUT2D eigenvalue weighted by molar-refractivity contribution is 8.47. The number of H-pyrrole nitrogens is 1. The molecule has 0 saturated heterocycles. The van der Waals surface area contributed by atoms with Crippen LogP contribution in [-0.2, 0) is 0 Å². The van der Waals surface area contributed by atoms with Crippen molar-refractivity contribution in [1.82, 2.24) is 10.2 Å². The average Bonchev–Trinajstić information content (AvgIpc) is 3.15. The quantitative estimate of drug-likeness (QED) is 0.657. The Kier molecular flexibility index (Phi) is 3.31. The summed E-state index contributed by atoms with van der Waals surface area (Å²) in [5.74, 6) is 1.44. The lowest BCUT2D eigenvalue weighted by Crippen LogP contribution is -1.96. The lowest BCUT2D eigenvalue weighted by molar-refractivity contribution is 0.417. The van der Waals surface area contributed by atoms with Crippen LogP contribution in [0.3, 0.4) is 0 Å². The van der Waals surface area contributed by atoms with Crippen molar-refractivity contribution < 1.29 is 4.74 Å². The van der Waals surface area contributed by atoms with Gasteiger partial charge in [-0.25, -0.2) is 0 Å². The number of nitroso groups, excluding NO2 is 1. The van der Waals surface area contributed by atoms with Crippen LogP contribution in [0.15, 0.2) is 52.5 Å². The topological polar surface area (TPSA) is 79.4 Å². The van der Waals surface area contributed by atoms with E-state index in [-0.39, 0.29) is 0 Å². The van der Waals surface area contributed by atoms with Gasteiger partial charge >= 0.3 is 0 Å². The molecule has 0 amide bonds. The number of benzene rings is 2. The number of methoxy groups -OCH3 is 1. The minimum atomic E-state index is -1.57. The van der Waals surface area contributed by atoms with Gasteiger partial charge in [0, 0.05) is 10.3 Å². The molecule has 1 aliphatic heterocycles.